The van der Waals surface area contributed by atoms with E-state index >= 15 is 0 Å². The second-order valence-electron chi connectivity index (χ2n) is 4.97. The van der Waals surface area contributed by atoms with Gasteiger partial charge in [-0.2, -0.15) is 5.26 Å². The fourth-order valence-corrected chi connectivity index (χ4v) is 2.06. The predicted molar refractivity (Wildman–Crippen MR) is 89.6 cm³/mol. The molecule has 0 fully saturated rings. The third-order valence-electron chi connectivity index (χ3n) is 3.32. The molecule has 0 aliphatic heterocycles. The van der Waals surface area contributed by atoms with Crippen molar-refractivity contribution in [1.82, 2.24) is 10.6 Å². The summed E-state index contributed by atoms with van der Waals surface area (Å²) >= 11 is 0. The summed E-state index contributed by atoms with van der Waals surface area (Å²) in [6.45, 7) is 5.04. The highest BCUT2D eigenvalue weighted by molar-refractivity contribution is 6.07. The van der Waals surface area contributed by atoms with Crippen LogP contribution in [0.4, 0.5) is 5.69 Å². The minimum Gasteiger partial charge on any atom is -0.390 e. The largest absolute Gasteiger partial charge is 0.390 e. The van der Waals surface area contributed by atoms with Gasteiger partial charge in [-0.15, -0.1) is 0 Å². The number of para-hydroxylation sites is 1. The number of amides is 2. The lowest BCUT2D eigenvalue weighted by Crippen LogP contribution is -2.20. The van der Waals surface area contributed by atoms with E-state index in [0.29, 0.717) is 25.9 Å². The Kier molecular flexibility index (Phi) is 7.94. The summed E-state index contributed by atoms with van der Waals surface area (Å²) in [5.41, 5.74) is 2.77. The van der Waals surface area contributed by atoms with Crippen molar-refractivity contribution in [3.8, 4) is 6.07 Å². The SMILES string of the molecule is CCc1cccc(C)c1NC(=O)/C(C#N)=C\NCCCNC=O. The number of benzene rings is 1. The molecule has 0 heterocycles. The fourth-order valence-electron chi connectivity index (χ4n) is 2.06. The van der Waals surface area contributed by atoms with Crippen molar-refractivity contribution in [3.05, 3.63) is 41.1 Å². The van der Waals surface area contributed by atoms with Crippen LogP contribution < -0.4 is 16.0 Å². The monoisotopic (exact) mass is 314 g/mol. The topological polar surface area (TPSA) is 94.0 Å². The van der Waals surface area contributed by atoms with Gasteiger partial charge in [0.25, 0.3) is 5.91 Å². The van der Waals surface area contributed by atoms with Crippen LogP contribution in [0.1, 0.15) is 24.5 Å². The van der Waals surface area contributed by atoms with E-state index in [-0.39, 0.29) is 5.57 Å². The highest BCUT2D eigenvalue weighted by Gasteiger charge is 2.12. The molecule has 0 unspecified atom stereocenters. The summed E-state index contributed by atoms with van der Waals surface area (Å²) in [5, 5.41) is 17.4. The number of nitriles is 1. The van der Waals surface area contributed by atoms with Crippen LogP contribution in [0.3, 0.4) is 0 Å². The van der Waals surface area contributed by atoms with E-state index in [1.165, 1.54) is 6.20 Å². The second-order valence-corrected chi connectivity index (χ2v) is 4.97. The first-order chi connectivity index (χ1) is 11.1. The molecule has 0 aromatic heterocycles. The summed E-state index contributed by atoms with van der Waals surface area (Å²) in [6, 6.07) is 7.71. The molecule has 122 valence electrons. The molecule has 0 aliphatic rings. The molecule has 6 heteroatoms. The summed E-state index contributed by atoms with van der Waals surface area (Å²) in [5.74, 6) is -0.435. The van der Waals surface area contributed by atoms with Gasteiger partial charge in [0.15, 0.2) is 0 Å². The predicted octanol–water partition coefficient (Wildman–Crippen LogP) is 1.63. The normalized spacial score (nSPS) is 10.6. The van der Waals surface area contributed by atoms with Gasteiger partial charge in [0.1, 0.15) is 11.6 Å². The van der Waals surface area contributed by atoms with Crippen LogP contribution in [-0.4, -0.2) is 25.4 Å². The van der Waals surface area contributed by atoms with E-state index < -0.39 is 5.91 Å². The minimum absolute atomic E-state index is 0.0126. The van der Waals surface area contributed by atoms with Crippen molar-refractivity contribution in [3.63, 3.8) is 0 Å². The van der Waals surface area contributed by atoms with Gasteiger partial charge in [-0.1, -0.05) is 25.1 Å². The molecule has 0 saturated heterocycles. The Bertz CT molecular complexity index is 618. The van der Waals surface area contributed by atoms with Crippen LogP contribution in [0.15, 0.2) is 30.0 Å². The lowest BCUT2D eigenvalue weighted by molar-refractivity contribution is -0.112. The lowest BCUT2D eigenvalue weighted by atomic mass is 10.1. The van der Waals surface area contributed by atoms with Crippen LogP contribution in [0, 0.1) is 18.3 Å². The van der Waals surface area contributed by atoms with Crippen molar-refractivity contribution in [2.24, 2.45) is 0 Å². The van der Waals surface area contributed by atoms with E-state index in [4.69, 9.17) is 5.26 Å². The molecule has 0 radical (unpaired) electrons. The summed E-state index contributed by atoms with van der Waals surface area (Å²) in [4.78, 5) is 22.3. The molecule has 0 atom stereocenters. The number of hydrogen-bond acceptors (Lipinski definition) is 4. The zero-order valence-electron chi connectivity index (χ0n) is 13.5. The van der Waals surface area contributed by atoms with E-state index in [1.54, 1.807) is 0 Å². The number of carbonyl (C=O) groups excluding carboxylic acids is 2. The van der Waals surface area contributed by atoms with Gasteiger partial charge in [-0.25, -0.2) is 0 Å². The third kappa shape index (κ3) is 5.83. The Morgan fingerprint density at radius 2 is 2.04 bits per heavy atom. The molecular weight excluding hydrogens is 292 g/mol. The van der Waals surface area contributed by atoms with Crippen molar-refractivity contribution >= 4 is 18.0 Å². The van der Waals surface area contributed by atoms with E-state index in [9.17, 15) is 9.59 Å². The van der Waals surface area contributed by atoms with E-state index in [1.807, 2.05) is 38.1 Å². The first-order valence-corrected chi connectivity index (χ1v) is 7.54. The van der Waals surface area contributed by atoms with Gasteiger partial charge >= 0.3 is 0 Å². The highest BCUT2D eigenvalue weighted by Crippen LogP contribution is 2.21. The quantitative estimate of drug-likeness (QED) is 0.279. The van der Waals surface area contributed by atoms with Gasteiger partial charge in [0.2, 0.25) is 6.41 Å². The van der Waals surface area contributed by atoms with Crippen LogP contribution >= 0.6 is 0 Å². The molecule has 0 spiro atoms. The maximum atomic E-state index is 12.2. The lowest BCUT2D eigenvalue weighted by Gasteiger charge is -2.12. The van der Waals surface area contributed by atoms with E-state index in [0.717, 1.165) is 23.2 Å². The zero-order chi connectivity index (χ0) is 17.1. The van der Waals surface area contributed by atoms with Gasteiger partial charge in [0.05, 0.1) is 0 Å². The number of carbonyl (C=O) groups is 2. The molecule has 1 rings (SSSR count). The molecule has 0 aliphatic carbocycles. The Hall–Kier alpha value is -2.81. The number of rotatable bonds is 9. The van der Waals surface area contributed by atoms with Crippen molar-refractivity contribution < 1.29 is 9.59 Å². The molecule has 1 aromatic rings. The van der Waals surface area contributed by atoms with Crippen LogP contribution in [-0.2, 0) is 16.0 Å². The minimum atomic E-state index is -0.435. The number of hydrogen-bond donors (Lipinski definition) is 3. The summed E-state index contributed by atoms with van der Waals surface area (Å²) in [6.07, 6.45) is 3.54. The Balaban J connectivity index is 2.67. The average Bonchev–Trinajstić information content (AvgIpc) is 2.56. The maximum absolute atomic E-state index is 12.2. The zero-order valence-corrected chi connectivity index (χ0v) is 13.5. The summed E-state index contributed by atoms with van der Waals surface area (Å²) < 4.78 is 0. The first kappa shape index (κ1) is 18.2. The molecule has 1 aromatic carbocycles. The Morgan fingerprint density at radius 1 is 1.30 bits per heavy atom. The Labute approximate surface area is 136 Å². The van der Waals surface area contributed by atoms with Gasteiger partial charge in [-0.3, -0.25) is 9.59 Å². The van der Waals surface area contributed by atoms with Crippen LogP contribution in [0.2, 0.25) is 0 Å². The van der Waals surface area contributed by atoms with E-state index in [2.05, 4.69) is 16.0 Å². The molecule has 6 nitrogen and oxygen atoms in total. The molecule has 3 N–H and O–H groups in total. The number of anilines is 1. The average molecular weight is 314 g/mol. The standard InChI is InChI=1S/C17H22N4O2/c1-3-14-7-4-6-13(2)16(14)21-17(23)15(10-18)11-19-8-5-9-20-12-22/h4,6-7,11-12,19H,3,5,8-9H2,1-2H3,(H,20,22)(H,21,23)/b15-11-. The Morgan fingerprint density at radius 3 is 2.70 bits per heavy atom. The smallest absolute Gasteiger partial charge is 0.267 e. The maximum Gasteiger partial charge on any atom is 0.267 e. The molecule has 23 heavy (non-hydrogen) atoms. The summed E-state index contributed by atoms with van der Waals surface area (Å²) in [7, 11) is 0. The fraction of sp³-hybridized carbons (Fsp3) is 0.353. The number of nitrogens with zero attached hydrogens (tertiary/aromatic N) is 1. The molecule has 2 amide bonds. The number of aryl methyl sites for hydroxylation is 2. The molecule has 0 saturated carbocycles. The van der Waals surface area contributed by atoms with Crippen LogP contribution in [0.25, 0.3) is 0 Å². The van der Waals surface area contributed by atoms with Gasteiger partial charge < -0.3 is 16.0 Å². The highest BCUT2D eigenvalue weighted by atomic mass is 16.1. The van der Waals surface area contributed by atoms with Crippen molar-refractivity contribution in [1.29, 1.82) is 5.26 Å². The van der Waals surface area contributed by atoms with Gasteiger partial charge in [-0.05, 0) is 30.9 Å². The molecular formula is C17H22N4O2. The molecule has 0 bridgehead atoms. The van der Waals surface area contributed by atoms with Crippen LogP contribution in [0.5, 0.6) is 0 Å². The third-order valence-corrected chi connectivity index (χ3v) is 3.32. The van der Waals surface area contributed by atoms with Crippen molar-refractivity contribution in [2.75, 3.05) is 18.4 Å². The first-order valence-electron chi connectivity index (χ1n) is 7.54. The van der Waals surface area contributed by atoms with Crippen molar-refractivity contribution in [2.45, 2.75) is 26.7 Å². The second kappa shape index (κ2) is 10.0. The van der Waals surface area contributed by atoms with Gasteiger partial charge in [0, 0.05) is 25.0 Å². The number of nitrogens with one attached hydrogen (secondary N) is 3.